The van der Waals surface area contributed by atoms with Crippen molar-refractivity contribution in [3.63, 3.8) is 0 Å². The van der Waals surface area contributed by atoms with Crippen LogP contribution in [0.4, 0.5) is 0 Å². The van der Waals surface area contributed by atoms with Crippen molar-refractivity contribution in [2.75, 3.05) is 13.1 Å². The lowest BCUT2D eigenvalue weighted by atomic mass is 9.97. The van der Waals surface area contributed by atoms with Crippen LogP contribution in [0.3, 0.4) is 0 Å². The number of rotatable bonds is 5. The molecule has 22 heavy (non-hydrogen) atoms. The number of aromatic nitrogens is 1. The molecule has 0 unspecified atom stereocenters. The van der Waals surface area contributed by atoms with Crippen molar-refractivity contribution < 1.29 is 9.53 Å². The number of hydrogen-bond donors (Lipinski definition) is 2. The van der Waals surface area contributed by atoms with Gasteiger partial charge in [-0.05, 0) is 57.7 Å². The average molecular weight is 303 g/mol. The summed E-state index contributed by atoms with van der Waals surface area (Å²) in [7, 11) is 0. The van der Waals surface area contributed by atoms with Gasteiger partial charge in [0.25, 0.3) is 0 Å². The molecule has 120 valence electrons. The maximum absolute atomic E-state index is 12.2. The van der Waals surface area contributed by atoms with Crippen LogP contribution in [-0.4, -0.2) is 30.1 Å². The maximum atomic E-state index is 12.2. The highest BCUT2D eigenvalue weighted by Crippen LogP contribution is 2.25. The van der Waals surface area contributed by atoms with Crippen LogP contribution in [-0.2, 0) is 11.3 Å². The van der Waals surface area contributed by atoms with Gasteiger partial charge in [0.1, 0.15) is 6.10 Å². The molecule has 1 saturated carbocycles. The molecule has 1 amide bonds. The third-order valence-corrected chi connectivity index (χ3v) is 4.59. The zero-order chi connectivity index (χ0) is 15.2. The van der Waals surface area contributed by atoms with E-state index in [4.69, 9.17) is 4.74 Å². The van der Waals surface area contributed by atoms with Crippen molar-refractivity contribution in [1.29, 1.82) is 0 Å². The molecule has 1 aromatic rings. The third kappa shape index (κ3) is 3.97. The van der Waals surface area contributed by atoms with Crippen LogP contribution < -0.4 is 15.4 Å². The quantitative estimate of drug-likeness (QED) is 0.873. The normalized spacial score (nSPS) is 20.0. The fourth-order valence-electron chi connectivity index (χ4n) is 3.24. The molecule has 0 radical (unpaired) electrons. The van der Waals surface area contributed by atoms with Crippen molar-refractivity contribution >= 4 is 5.91 Å². The second kappa shape index (κ2) is 7.58. The van der Waals surface area contributed by atoms with Gasteiger partial charge in [0.15, 0.2) is 0 Å². The van der Waals surface area contributed by atoms with E-state index in [1.165, 1.54) is 12.8 Å². The van der Waals surface area contributed by atoms with Crippen LogP contribution in [0.5, 0.6) is 5.88 Å². The molecule has 2 heterocycles. The molecular weight excluding hydrogens is 278 g/mol. The van der Waals surface area contributed by atoms with Crippen molar-refractivity contribution in [3.8, 4) is 5.88 Å². The lowest BCUT2D eigenvalue weighted by Crippen LogP contribution is -2.38. The van der Waals surface area contributed by atoms with Crippen LogP contribution in [0.15, 0.2) is 18.3 Å². The second-order valence-corrected chi connectivity index (χ2v) is 6.23. The standard InChI is InChI=1S/C17H25N3O2/c21-16(13-7-10-18-11-8-13)20-12-14-4-3-9-19-17(14)22-15-5-1-2-6-15/h3-4,9,13,15,18H,1-2,5-8,10-12H2,(H,20,21). The molecule has 0 aromatic carbocycles. The molecule has 1 aromatic heterocycles. The average Bonchev–Trinajstić information content (AvgIpc) is 3.07. The summed E-state index contributed by atoms with van der Waals surface area (Å²) in [6, 6.07) is 3.88. The monoisotopic (exact) mass is 303 g/mol. The number of ether oxygens (including phenoxy) is 1. The van der Waals surface area contributed by atoms with E-state index in [1.807, 2.05) is 12.1 Å². The molecule has 2 aliphatic rings. The highest BCUT2D eigenvalue weighted by atomic mass is 16.5. The first-order valence-corrected chi connectivity index (χ1v) is 8.42. The summed E-state index contributed by atoms with van der Waals surface area (Å²) in [5.41, 5.74) is 0.969. The predicted molar refractivity (Wildman–Crippen MR) is 84.6 cm³/mol. The highest BCUT2D eigenvalue weighted by Gasteiger charge is 2.22. The smallest absolute Gasteiger partial charge is 0.223 e. The first-order valence-electron chi connectivity index (χ1n) is 8.42. The molecule has 0 spiro atoms. The molecule has 0 bridgehead atoms. The van der Waals surface area contributed by atoms with E-state index in [9.17, 15) is 4.79 Å². The molecule has 3 rings (SSSR count). The summed E-state index contributed by atoms with van der Waals surface area (Å²) >= 11 is 0. The van der Waals surface area contributed by atoms with Crippen LogP contribution in [0, 0.1) is 5.92 Å². The van der Waals surface area contributed by atoms with E-state index >= 15 is 0 Å². The minimum absolute atomic E-state index is 0.136. The fraction of sp³-hybridized carbons (Fsp3) is 0.647. The van der Waals surface area contributed by atoms with Gasteiger partial charge in [-0.2, -0.15) is 0 Å². The molecular formula is C17H25N3O2. The Morgan fingerprint density at radius 3 is 2.82 bits per heavy atom. The molecule has 2 N–H and O–H groups in total. The van der Waals surface area contributed by atoms with Gasteiger partial charge in [-0.3, -0.25) is 4.79 Å². The van der Waals surface area contributed by atoms with E-state index in [0.717, 1.165) is 44.3 Å². The van der Waals surface area contributed by atoms with Crippen LogP contribution in [0.1, 0.15) is 44.1 Å². The number of nitrogens with one attached hydrogen (secondary N) is 2. The van der Waals surface area contributed by atoms with Gasteiger partial charge >= 0.3 is 0 Å². The number of piperidine rings is 1. The second-order valence-electron chi connectivity index (χ2n) is 6.23. The first kappa shape index (κ1) is 15.3. The zero-order valence-corrected chi connectivity index (χ0v) is 13.0. The summed E-state index contributed by atoms with van der Waals surface area (Å²) < 4.78 is 6.01. The van der Waals surface area contributed by atoms with Crippen LogP contribution in [0.2, 0.25) is 0 Å². The van der Waals surface area contributed by atoms with E-state index in [2.05, 4.69) is 15.6 Å². The molecule has 1 aliphatic carbocycles. The van der Waals surface area contributed by atoms with Crippen molar-refractivity contribution in [3.05, 3.63) is 23.9 Å². The molecule has 1 aliphatic heterocycles. The zero-order valence-electron chi connectivity index (χ0n) is 13.0. The Balaban J connectivity index is 1.56. The summed E-state index contributed by atoms with van der Waals surface area (Å²) in [4.78, 5) is 16.6. The van der Waals surface area contributed by atoms with Gasteiger partial charge in [0, 0.05) is 24.2 Å². The number of nitrogens with zero attached hydrogens (tertiary/aromatic N) is 1. The summed E-state index contributed by atoms with van der Waals surface area (Å²) in [5, 5.41) is 6.33. The summed E-state index contributed by atoms with van der Waals surface area (Å²) in [6.45, 7) is 2.36. The topological polar surface area (TPSA) is 63.2 Å². The van der Waals surface area contributed by atoms with Gasteiger partial charge < -0.3 is 15.4 Å². The fourth-order valence-corrected chi connectivity index (χ4v) is 3.24. The van der Waals surface area contributed by atoms with E-state index in [1.54, 1.807) is 6.20 Å². The van der Waals surface area contributed by atoms with Gasteiger partial charge in [-0.1, -0.05) is 6.07 Å². The maximum Gasteiger partial charge on any atom is 0.223 e. The minimum Gasteiger partial charge on any atom is -0.474 e. The first-order chi connectivity index (χ1) is 10.8. The Morgan fingerprint density at radius 2 is 2.05 bits per heavy atom. The van der Waals surface area contributed by atoms with Crippen LogP contribution >= 0.6 is 0 Å². The van der Waals surface area contributed by atoms with Crippen molar-refractivity contribution in [1.82, 2.24) is 15.6 Å². The van der Waals surface area contributed by atoms with Crippen molar-refractivity contribution in [2.24, 2.45) is 5.92 Å². The minimum atomic E-state index is 0.136. The largest absolute Gasteiger partial charge is 0.474 e. The summed E-state index contributed by atoms with van der Waals surface area (Å²) in [5.74, 6) is 0.967. The SMILES string of the molecule is O=C(NCc1cccnc1OC1CCCC1)C1CCNCC1. The lowest BCUT2D eigenvalue weighted by molar-refractivity contribution is -0.125. The van der Waals surface area contributed by atoms with E-state index in [-0.39, 0.29) is 17.9 Å². The molecule has 0 atom stereocenters. The molecule has 1 saturated heterocycles. The predicted octanol–water partition coefficient (Wildman–Crippen LogP) is 2.02. The Hall–Kier alpha value is -1.62. The number of pyridine rings is 1. The lowest BCUT2D eigenvalue weighted by Gasteiger charge is -2.22. The number of amides is 1. The highest BCUT2D eigenvalue weighted by molar-refractivity contribution is 5.78. The van der Waals surface area contributed by atoms with Gasteiger partial charge in [0.2, 0.25) is 11.8 Å². The molecule has 5 heteroatoms. The number of carbonyl (C=O) groups excluding carboxylic acids is 1. The third-order valence-electron chi connectivity index (χ3n) is 4.59. The van der Waals surface area contributed by atoms with Crippen LogP contribution in [0.25, 0.3) is 0 Å². The molecule has 2 fully saturated rings. The number of hydrogen-bond acceptors (Lipinski definition) is 4. The Morgan fingerprint density at radius 1 is 1.27 bits per heavy atom. The number of carbonyl (C=O) groups is 1. The molecule has 5 nitrogen and oxygen atoms in total. The Labute approximate surface area is 131 Å². The van der Waals surface area contributed by atoms with E-state index < -0.39 is 0 Å². The summed E-state index contributed by atoms with van der Waals surface area (Å²) in [6.07, 6.45) is 8.57. The van der Waals surface area contributed by atoms with Gasteiger partial charge in [0.05, 0.1) is 0 Å². The Bertz CT molecular complexity index is 494. The van der Waals surface area contributed by atoms with Gasteiger partial charge in [-0.25, -0.2) is 4.98 Å². The van der Waals surface area contributed by atoms with E-state index in [0.29, 0.717) is 12.4 Å². The Kier molecular flexibility index (Phi) is 5.27. The van der Waals surface area contributed by atoms with Crippen molar-refractivity contribution in [2.45, 2.75) is 51.2 Å². The van der Waals surface area contributed by atoms with Gasteiger partial charge in [-0.15, -0.1) is 0 Å².